The lowest BCUT2D eigenvalue weighted by atomic mass is 10.0. The summed E-state index contributed by atoms with van der Waals surface area (Å²) in [5, 5.41) is 11.0. The molecule has 7 nitrogen and oxygen atoms in total. The number of nitro groups is 1. The predicted octanol–water partition coefficient (Wildman–Crippen LogP) is 1.60. The predicted molar refractivity (Wildman–Crippen MR) is 82.7 cm³/mol. The SMILES string of the molecule is Nc1ccc([N+](=O)[O-])c(S(=O)(=O)NCC2CCSCC2)c1. The fraction of sp³-hybridized carbons (Fsp3) is 0.500. The van der Waals surface area contributed by atoms with E-state index in [2.05, 4.69) is 4.72 Å². The maximum absolute atomic E-state index is 12.3. The molecule has 1 aromatic carbocycles. The monoisotopic (exact) mass is 331 g/mol. The maximum atomic E-state index is 12.3. The van der Waals surface area contributed by atoms with Crippen LogP contribution in [-0.2, 0) is 10.0 Å². The van der Waals surface area contributed by atoms with Gasteiger partial charge in [-0.05, 0) is 42.4 Å². The van der Waals surface area contributed by atoms with Crippen LogP contribution in [0.5, 0.6) is 0 Å². The Bertz CT molecular complexity index is 627. The Morgan fingerprint density at radius 3 is 2.67 bits per heavy atom. The zero-order valence-corrected chi connectivity index (χ0v) is 13.0. The molecular weight excluding hydrogens is 314 g/mol. The van der Waals surface area contributed by atoms with Gasteiger partial charge < -0.3 is 5.73 Å². The van der Waals surface area contributed by atoms with Gasteiger partial charge in [0.05, 0.1) is 4.92 Å². The highest BCUT2D eigenvalue weighted by Gasteiger charge is 2.27. The number of nitrogens with two attached hydrogens (primary N) is 1. The molecule has 2 rings (SSSR count). The van der Waals surface area contributed by atoms with Gasteiger partial charge in [0.15, 0.2) is 4.90 Å². The van der Waals surface area contributed by atoms with Crippen LogP contribution in [0.2, 0.25) is 0 Å². The van der Waals surface area contributed by atoms with Gasteiger partial charge in [0.25, 0.3) is 5.69 Å². The molecule has 1 fully saturated rings. The number of benzene rings is 1. The molecule has 0 bridgehead atoms. The van der Waals surface area contributed by atoms with Crippen LogP contribution in [0.15, 0.2) is 23.1 Å². The van der Waals surface area contributed by atoms with Gasteiger partial charge in [0.1, 0.15) is 0 Å². The average molecular weight is 331 g/mol. The number of anilines is 1. The van der Waals surface area contributed by atoms with Crippen LogP contribution in [0.4, 0.5) is 11.4 Å². The van der Waals surface area contributed by atoms with Crippen molar-refractivity contribution in [1.82, 2.24) is 4.72 Å². The van der Waals surface area contributed by atoms with E-state index in [-0.39, 0.29) is 16.5 Å². The molecule has 0 aliphatic carbocycles. The van der Waals surface area contributed by atoms with Crippen molar-refractivity contribution in [3.63, 3.8) is 0 Å². The van der Waals surface area contributed by atoms with Crippen molar-refractivity contribution in [2.75, 3.05) is 23.8 Å². The second kappa shape index (κ2) is 6.63. The zero-order valence-electron chi connectivity index (χ0n) is 11.3. The lowest BCUT2D eigenvalue weighted by molar-refractivity contribution is -0.387. The molecular formula is C12H17N3O4S2. The minimum atomic E-state index is -3.94. The summed E-state index contributed by atoms with van der Waals surface area (Å²) in [6, 6.07) is 3.55. The second-order valence-electron chi connectivity index (χ2n) is 4.89. The Balaban J connectivity index is 2.18. The van der Waals surface area contributed by atoms with Crippen molar-refractivity contribution in [2.24, 2.45) is 5.92 Å². The van der Waals surface area contributed by atoms with Crippen LogP contribution in [0.1, 0.15) is 12.8 Å². The summed E-state index contributed by atoms with van der Waals surface area (Å²) in [4.78, 5) is 9.86. The minimum Gasteiger partial charge on any atom is -0.399 e. The molecule has 0 spiro atoms. The van der Waals surface area contributed by atoms with Gasteiger partial charge in [-0.1, -0.05) is 0 Å². The van der Waals surface area contributed by atoms with Gasteiger partial charge >= 0.3 is 0 Å². The van der Waals surface area contributed by atoms with Crippen molar-refractivity contribution in [2.45, 2.75) is 17.7 Å². The molecule has 0 atom stereocenters. The maximum Gasteiger partial charge on any atom is 0.289 e. The van der Waals surface area contributed by atoms with Crippen LogP contribution in [0.25, 0.3) is 0 Å². The topological polar surface area (TPSA) is 115 Å². The highest BCUT2D eigenvalue weighted by molar-refractivity contribution is 7.99. The number of nitrogen functional groups attached to an aromatic ring is 1. The van der Waals surface area contributed by atoms with Crippen LogP contribution < -0.4 is 10.5 Å². The summed E-state index contributed by atoms with van der Waals surface area (Å²) < 4.78 is 27.0. The third-order valence-corrected chi connectivity index (χ3v) is 5.87. The molecule has 1 aliphatic rings. The zero-order chi connectivity index (χ0) is 15.5. The van der Waals surface area contributed by atoms with Gasteiger partial charge in [0.2, 0.25) is 10.0 Å². The van der Waals surface area contributed by atoms with Crippen molar-refractivity contribution >= 4 is 33.2 Å². The minimum absolute atomic E-state index is 0.176. The summed E-state index contributed by atoms with van der Waals surface area (Å²) in [7, 11) is -3.94. The first-order chi connectivity index (χ1) is 9.90. The van der Waals surface area contributed by atoms with Gasteiger partial charge in [-0.25, -0.2) is 13.1 Å². The Hall–Kier alpha value is -1.32. The Labute approximate surface area is 127 Å². The van der Waals surface area contributed by atoms with E-state index >= 15 is 0 Å². The highest BCUT2D eigenvalue weighted by atomic mass is 32.2. The van der Waals surface area contributed by atoms with Gasteiger partial charge in [-0.2, -0.15) is 11.8 Å². The Kier molecular flexibility index (Phi) is 5.07. The Morgan fingerprint density at radius 2 is 2.05 bits per heavy atom. The van der Waals surface area contributed by atoms with Crippen LogP contribution >= 0.6 is 11.8 Å². The summed E-state index contributed by atoms with van der Waals surface area (Å²) >= 11 is 1.85. The van der Waals surface area contributed by atoms with Gasteiger partial charge in [0, 0.05) is 18.3 Å². The molecule has 1 heterocycles. The molecule has 1 saturated heterocycles. The third-order valence-electron chi connectivity index (χ3n) is 3.37. The lowest BCUT2D eigenvalue weighted by Gasteiger charge is -2.21. The summed E-state index contributed by atoms with van der Waals surface area (Å²) in [6.45, 7) is 0.300. The molecule has 0 unspecified atom stereocenters. The first-order valence-corrected chi connectivity index (χ1v) is 9.15. The number of nitrogens with zero attached hydrogens (tertiary/aromatic N) is 1. The van der Waals surface area contributed by atoms with Crippen LogP contribution in [0.3, 0.4) is 0 Å². The number of nitrogens with one attached hydrogen (secondary N) is 1. The highest BCUT2D eigenvalue weighted by Crippen LogP contribution is 2.27. The lowest BCUT2D eigenvalue weighted by Crippen LogP contribution is -2.31. The standard InChI is InChI=1S/C12H17N3O4S2/c13-10-1-2-11(15(16)17)12(7-10)21(18,19)14-8-9-3-5-20-6-4-9/h1-2,7,9,14H,3-6,8,13H2. The van der Waals surface area contributed by atoms with E-state index in [4.69, 9.17) is 5.73 Å². The molecule has 0 amide bonds. The third kappa shape index (κ3) is 4.08. The normalized spacial score (nSPS) is 16.8. The largest absolute Gasteiger partial charge is 0.399 e. The molecule has 3 N–H and O–H groups in total. The van der Waals surface area contributed by atoms with Crippen LogP contribution in [0, 0.1) is 16.0 Å². The van der Waals surface area contributed by atoms with Gasteiger partial charge in [-0.3, -0.25) is 10.1 Å². The van der Waals surface area contributed by atoms with E-state index in [0.717, 1.165) is 36.5 Å². The number of hydrogen-bond acceptors (Lipinski definition) is 6. The number of sulfonamides is 1. The van der Waals surface area contributed by atoms with Crippen molar-refractivity contribution in [3.05, 3.63) is 28.3 Å². The average Bonchev–Trinajstić information content (AvgIpc) is 2.46. The van der Waals surface area contributed by atoms with E-state index in [1.807, 2.05) is 11.8 Å². The van der Waals surface area contributed by atoms with E-state index in [0.29, 0.717) is 6.54 Å². The number of thioether (sulfide) groups is 1. The summed E-state index contributed by atoms with van der Waals surface area (Å²) in [5.74, 6) is 2.32. The fourth-order valence-corrected chi connectivity index (χ4v) is 4.68. The number of hydrogen-bond donors (Lipinski definition) is 2. The first kappa shape index (κ1) is 16.1. The van der Waals surface area contributed by atoms with E-state index < -0.39 is 20.6 Å². The molecule has 0 saturated carbocycles. The number of nitro benzene ring substituents is 1. The van der Waals surface area contributed by atoms with Crippen molar-refractivity contribution < 1.29 is 13.3 Å². The van der Waals surface area contributed by atoms with Crippen molar-refractivity contribution in [3.8, 4) is 0 Å². The molecule has 9 heteroatoms. The van der Waals surface area contributed by atoms with E-state index in [1.165, 1.54) is 6.07 Å². The smallest absolute Gasteiger partial charge is 0.289 e. The molecule has 0 radical (unpaired) electrons. The number of rotatable bonds is 5. The quantitative estimate of drug-likeness (QED) is 0.481. The van der Waals surface area contributed by atoms with Gasteiger partial charge in [-0.15, -0.1) is 0 Å². The molecule has 21 heavy (non-hydrogen) atoms. The van der Waals surface area contributed by atoms with Crippen molar-refractivity contribution in [1.29, 1.82) is 0 Å². The summed E-state index contributed by atoms with van der Waals surface area (Å²) in [5.41, 5.74) is 5.26. The Morgan fingerprint density at radius 1 is 1.38 bits per heavy atom. The molecule has 1 aliphatic heterocycles. The summed E-state index contributed by atoms with van der Waals surface area (Å²) in [6.07, 6.45) is 1.90. The molecule has 1 aromatic rings. The first-order valence-electron chi connectivity index (χ1n) is 6.51. The molecule has 0 aromatic heterocycles. The van der Waals surface area contributed by atoms with Crippen LogP contribution in [-0.4, -0.2) is 31.4 Å². The second-order valence-corrected chi connectivity index (χ2v) is 7.85. The fourth-order valence-electron chi connectivity index (χ4n) is 2.15. The van der Waals surface area contributed by atoms with E-state index in [1.54, 1.807) is 0 Å². The molecule has 116 valence electrons. The van der Waals surface area contributed by atoms with E-state index in [9.17, 15) is 18.5 Å².